The van der Waals surface area contributed by atoms with Crippen LogP contribution in [0.4, 0.5) is 5.69 Å². The normalized spacial score (nSPS) is 9.76. The Kier molecular flexibility index (Phi) is 5.29. The van der Waals surface area contributed by atoms with Crippen molar-refractivity contribution in [2.24, 2.45) is 0 Å². The Morgan fingerprint density at radius 3 is 2.48 bits per heavy atom. The molecule has 4 nitrogen and oxygen atoms in total. The molecule has 0 aliphatic rings. The smallest absolute Gasteiger partial charge is 0.257 e. The minimum atomic E-state index is -0.248. The number of carbonyl (C=O) groups is 1. The summed E-state index contributed by atoms with van der Waals surface area (Å²) in [4.78, 5) is 12.0. The molecule has 0 spiro atoms. The summed E-state index contributed by atoms with van der Waals surface area (Å²) in [6, 6.07) is 16.3. The van der Waals surface area contributed by atoms with E-state index in [4.69, 9.17) is 17.0 Å². The van der Waals surface area contributed by atoms with E-state index in [1.54, 1.807) is 24.3 Å². The van der Waals surface area contributed by atoms with Gasteiger partial charge < -0.3 is 10.1 Å². The van der Waals surface area contributed by atoms with E-state index in [2.05, 4.69) is 10.6 Å². The van der Waals surface area contributed by atoms with Crippen molar-refractivity contribution in [2.45, 2.75) is 6.92 Å². The van der Waals surface area contributed by atoms with Crippen LogP contribution in [0, 0.1) is 0 Å². The number of anilines is 1. The van der Waals surface area contributed by atoms with E-state index in [1.165, 1.54) is 0 Å². The van der Waals surface area contributed by atoms with Crippen LogP contribution in [0.25, 0.3) is 0 Å². The zero-order chi connectivity index (χ0) is 15.1. The van der Waals surface area contributed by atoms with Gasteiger partial charge in [-0.2, -0.15) is 0 Å². The third-order valence-electron chi connectivity index (χ3n) is 2.70. The number of ether oxygens (including phenoxy) is 1. The monoisotopic (exact) mass is 300 g/mol. The van der Waals surface area contributed by atoms with Gasteiger partial charge in [-0.1, -0.05) is 30.3 Å². The van der Waals surface area contributed by atoms with Crippen LogP contribution in [0.5, 0.6) is 5.75 Å². The maximum Gasteiger partial charge on any atom is 0.257 e. The first-order valence-electron chi connectivity index (χ1n) is 6.60. The Morgan fingerprint density at radius 2 is 1.76 bits per heavy atom. The highest BCUT2D eigenvalue weighted by atomic mass is 32.1. The number of thiocarbonyl (C=S) groups is 1. The van der Waals surface area contributed by atoms with E-state index < -0.39 is 0 Å². The number of nitrogens with one attached hydrogen (secondary N) is 2. The average molecular weight is 300 g/mol. The Labute approximate surface area is 129 Å². The number of para-hydroxylation sites is 2. The molecular weight excluding hydrogens is 284 g/mol. The van der Waals surface area contributed by atoms with Crippen LogP contribution in [-0.4, -0.2) is 17.6 Å². The molecule has 0 atom stereocenters. The van der Waals surface area contributed by atoms with Crippen molar-refractivity contribution >= 4 is 28.9 Å². The maximum atomic E-state index is 12.0. The lowest BCUT2D eigenvalue weighted by Gasteiger charge is -2.13. The second-order valence-electron chi connectivity index (χ2n) is 4.20. The van der Waals surface area contributed by atoms with Gasteiger partial charge in [0.15, 0.2) is 5.11 Å². The van der Waals surface area contributed by atoms with Crippen LogP contribution in [0.2, 0.25) is 0 Å². The molecule has 0 bridgehead atoms. The lowest BCUT2D eigenvalue weighted by atomic mass is 10.2. The van der Waals surface area contributed by atoms with E-state index in [1.807, 2.05) is 37.3 Å². The quantitative estimate of drug-likeness (QED) is 0.851. The summed E-state index contributed by atoms with van der Waals surface area (Å²) >= 11 is 5.16. The summed E-state index contributed by atoms with van der Waals surface area (Å²) < 4.78 is 5.49. The largest absolute Gasteiger partial charge is 0.492 e. The van der Waals surface area contributed by atoms with Gasteiger partial charge in [0.05, 0.1) is 12.3 Å². The maximum absolute atomic E-state index is 12.0. The molecular formula is C16H16N2O2S. The Balaban J connectivity index is 2.01. The van der Waals surface area contributed by atoms with Crippen LogP contribution >= 0.6 is 12.2 Å². The molecule has 0 aliphatic carbocycles. The summed E-state index contributed by atoms with van der Waals surface area (Å²) in [5, 5.41) is 5.84. The lowest BCUT2D eigenvalue weighted by molar-refractivity contribution is 0.0977. The van der Waals surface area contributed by atoms with Crippen LogP contribution in [0.1, 0.15) is 17.3 Å². The molecule has 2 rings (SSSR count). The number of hydrogen-bond acceptors (Lipinski definition) is 3. The van der Waals surface area contributed by atoms with Crippen molar-refractivity contribution in [1.82, 2.24) is 5.32 Å². The van der Waals surface area contributed by atoms with Gasteiger partial charge >= 0.3 is 0 Å². The molecule has 5 heteroatoms. The van der Waals surface area contributed by atoms with Crippen LogP contribution in [-0.2, 0) is 0 Å². The minimum absolute atomic E-state index is 0.232. The summed E-state index contributed by atoms with van der Waals surface area (Å²) in [7, 11) is 0. The van der Waals surface area contributed by atoms with Crippen molar-refractivity contribution in [3.05, 3.63) is 60.2 Å². The predicted octanol–water partition coefficient (Wildman–Crippen LogP) is 3.21. The number of amides is 1. The van der Waals surface area contributed by atoms with Gasteiger partial charge in [0.1, 0.15) is 5.75 Å². The van der Waals surface area contributed by atoms with E-state index >= 15 is 0 Å². The zero-order valence-corrected chi connectivity index (χ0v) is 12.4. The van der Waals surface area contributed by atoms with Gasteiger partial charge in [-0.25, -0.2) is 0 Å². The summed E-state index contributed by atoms with van der Waals surface area (Å²) in [6.07, 6.45) is 0. The molecule has 0 aliphatic heterocycles. The summed E-state index contributed by atoms with van der Waals surface area (Å²) in [6.45, 7) is 2.47. The summed E-state index contributed by atoms with van der Waals surface area (Å²) in [5.74, 6) is 0.443. The molecule has 1 amide bonds. The highest BCUT2D eigenvalue weighted by Crippen LogP contribution is 2.23. The topological polar surface area (TPSA) is 50.4 Å². The molecule has 0 fully saturated rings. The number of benzene rings is 2. The van der Waals surface area contributed by atoms with Gasteiger partial charge in [-0.3, -0.25) is 10.1 Å². The number of rotatable bonds is 4. The van der Waals surface area contributed by atoms with Crippen LogP contribution in [0.15, 0.2) is 54.6 Å². The SMILES string of the molecule is CCOc1ccccc1NC(=S)NC(=O)c1ccccc1. The molecule has 2 aromatic rings. The minimum Gasteiger partial charge on any atom is -0.492 e. The fraction of sp³-hybridized carbons (Fsp3) is 0.125. The second-order valence-corrected chi connectivity index (χ2v) is 4.61. The van der Waals surface area contributed by atoms with Crippen molar-refractivity contribution < 1.29 is 9.53 Å². The zero-order valence-electron chi connectivity index (χ0n) is 11.6. The van der Waals surface area contributed by atoms with Crippen molar-refractivity contribution in [3.8, 4) is 5.75 Å². The molecule has 108 valence electrons. The highest BCUT2D eigenvalue weighted by molar-refractivity contribution is 7.80. The molecule has 0 saturated heterocycles. The predicted molar refractivity (Wildman–Crippen MR) is 87.7 cm³/mol. The Hall–Kier alpha value is -2.40. The van der Waals surface area contributed by atoms with E-state index in [-0.39, 0.29) is 11.0 Å². The van der Waals surface area contributed by atoms with Crippen molar-refractivity contribution in [1.29, 1.82) is 0 Å². The Bertz CT molecular complexity index is 629. The molecule has 2 N–H and O–H groups in total. The molecule has 0 saturated carbocycles. The first kappa shape index (κ1) is 15.0. The fourth-order valence-corrected chi connectivity index (χ4v) is 1.97. The third kappa shape index (κ3) is 4.29. The van der Waals surface area contributed by atoms with E-state index in [0.717, 1.165) is 5.69 Å². The van der Waals surface area contributed by atoms with Crippen LogP contribution in [0.3, 0.4) is 0 Å². The molecule has 0 aromatic heterocycles. The highest BCUT2D eigenvalue weighted by Gasteiger charge is 2.09. The summed E-state index contributed by atoms with van der Waals surface area (Å²) in [5.41, 5.74) is 1.28. The molecule has 0 heterocycles. The number of hydrogen-bond donors (Lipinski definition) is 2. The first-order valence-corrected chi connectivity index (χ1v) is 7.00. The standard InChI is InChI=1S/C16H16N2O2S/c1-2-20-14-11-7-6-10-13(14)17-16(21)18-15(19)12-8-4-3-5-9-12/h3-11H,2H2,1H3,(H2,17,18,19,21). The fourth-order valence-electron chi connectivity index (χ4n) is 1.77. The molecule has 0 unspecified atom stereocenters. The molecule has 0 radical (unpaired) electrons. The molecule has 21 heavy (non-hydrogen) atoms. The van der Waals surface area contributed by atoms with Gasteiger partial charge in [-0.05, 0) is 43.4 Å². The van der Waals surface area contributed by atoms with Crippen molar-refractivity contribution in [3.63, 3.8) is 0 Å². The number of carbonyl (C=O) groups excluding carboxylic acids is 1. The first-order chi connectivity index (χ1) is 10.2. The van der Waals surface area contributed by atoms with Gasteiger partial charge in [0, 0.05) is 5.56 Å². The van der Waals surface area contributed by atoms with E-state index in [0.29, 0.717) is 17.9 Å². The van der Waals surface area contributed by atoms with Gasteiger partial charge in [0.2, 0.25) is 0 Å². The lowest BCUT2D eigenvalue weighted by Crippen LogP contribution is -2.34. The Morgan fingerprint density at radius 1 is 1.10 bits per heavy atom. The third-order valence-corrected chi connectivity index (χ3v) is 2.90. The van der Waals surface area contributed by atoms with Crippen molar-refractivity contribution in [2.75, 3.05) is 11.9 Å². The van der Waals surface area contributed by atoms with Crippen LogP contribution < -0.4 is 15.4 Å². The molecule has 2 aromatic carbocycles. The van der Waals surface area contributed by atoms with E-state index in [9.17, 15) is 4.79 Å². The van der Waals surface area contributed by atoms with Gasteiger partial charge in [-0.15, -0.1) is 0 Å². The average Bonchev–Trinajstić information content (AvgIpc) is 2.50. The second kappa shape index (κ2) is 7.40. The van der Waals surface area contributed by atoms with Gasteiger partial charge in [0.25, 0.3) is 5.91 Å².